The van der Waals surface area contributed by atoms with Crippen LogP contribution >= 0.6 is 0 Å². The topological polar surface area (TPSA) is 97.6 Å². The Kier molecular flexibility index (Phi) is 5.86. The second-order valence-electron chi connectivity index (χ2n) is 8.84. The molecule has 0 radical (unpaired) electrons. The number of nitrogens with zero attached hydrogens (tertiary/aromatic N) is 6. The van der Waals surface area contributed by atoms with Crippen LogP contribution in [0.4, 0.5) is 16.3 Å². The van der Waals surface area contributed by atoms with E-state index in [-0.39, 0.29) is 12.2 Å². The highest BCUT2D eigenvalue weighted by Gasteiger charge is 2.35. The third kappa shape index (κ3) is 4.49. The first-order valence-corrected chi connectivity index (χ1v) is 11.2. The number of hydrogen-bond acceptors (Lipinski definition) is 8. The van der Waals surface area contributed by atoms with Crippen LogP contribution < -0.4 is 10.2 Å². The zero-order chi connectivity index (χ0) is 22.9. The fourth-order valence-electron chi connectivity index (χ4n) is 4.43. The minimum Gasteiger partial charge on any atom is -0.453 e. The molecule has 1 N–H and O–H groups in total. The van der Waals surface area contributed by atoms with Gasteiger partial charge in [0.15, 0.2) is 11.5 Å². The summed E-state index contributed by atoms with van der Waals surface area (Å²) in [6.07, 6.45) is 4.08. The smallest absolute Gasteiger partial charge is 0.411 e. The summed E-state index contributed by atoms with van der Waals surface area (Å²) in [7, 11) is 5.43. The Bertz CT molecular complexity index is 1130. The molecule has 2 saturated heterocycles. The summed E-state index contributed by atoms with van der Waals surface area (Å²) < 4.78 is 12.7. The minimum absolute atomic E-state index is 0.254. The maximum atomic E-state index is 11.5. The van der Waals surface area contributed by atoms with E-state index in [2.05, 4.69) is 25.0 Å². The van der Waals surface area contributed by atoms with Crippen molar-refractivity contribution in [3.8, 4) is 11.4 Å². The molecule has 0 aliphatic carbocycles. The summed E-state index contributed by atoms with van der Waals surface area (Å²) in [5, 5.41) is 8.27. The highest BCUT2D eigenvalue weighted by Crippen LogP contribution is 2.33. The second-order valence-corrected chi connectivity index (χ2v) is 8.84. The van der Waals surface area contributed by atoms with E-state index in [4.69, 9.17) is 14.7 Å². The van der Waals surface area contributed by atoms with Gasteiger partial charge in [-0.1, -0.05) is 0 Å². The number of anilines is 2. The van der Waals surface area contributed by atoms with Crippen molar-refractivity contribution < 1.29 is 14.3 Å². The van der Waals surface area contributed by atoms with Crippen LogP contribution in [0, 0.1) is 0 Å². The Labute approximate surface area is 192 Å². The number of carbonyl (C=O) groups excluding carboxylic acids is 1. The molecule has 1 amide bonds. The van der Waals surface area contributed by atoms with E-state index < -0.39 is 6.09 Å². The lowest BCUT2D eigenvalue weighted by Gasteiger charge is -2.33. The first-order chi connectivity index (χ1) is 16.0. The Morgan fingerprint density at radius 2 is 1.91 bits per heavy atom. The van der Waals surface area contributed by atoms with Gasteiger partial charge in [0.25, 0.3) is 0 Å². The third-order valence-corrected chi connectivity index (χ3v) is 6.15. The van der Waals surface area contributed by atoms with Crippen molar-refractivity contribution in [2.24, 2.45) is 0 Å². The van der Waals surface area contributed by atoms with Gasteiger partial charge in [0, 0.05) is 30.9 Å². The van der Waals surface area contributed by atoms with Crippen LogP contribution in [0.1, 0.15) is 12.8 Å². The summed E-state index contributed by atoms with van der Waals surface area (Å²) in [5.74, 6) is 1.54. The van der Waals surface area contributed by atoms with Crippen molar-refractivity contribution in [1.29, 1.82) is 0 Å². The van der Waals surface area contributed by atoms with Crippen LogP contribution in [0.5, 0.6) is 0 Å². The number of rotatable bonds is 6. The van der Waals surface area contributed by atoms with Crippen molar-refractivity contribution in [2.75, 3.05) is 51.1 Å². The fourth-order valence-corrected chi connectivity index (χ4v) is 4.43. The Balaban J connectivity index is 1.53. The fraction of sp³-hybridized carbons (Fsp3) is 0.478. The number of carbonyl (C=O) groups is 1. The van der Waals surface area contributed by atoms with Gasteiger partial charge in [-0.15, -0.1) is 0 Å². The number of aromatic nitrogens is 4. The number of nitrogens with one attached hydrogen (secondary N) is 1. The van der Waals surface area contributed by atoms with Gasteiger partial charge in [-0.05, 0) is 51.2 Å². The van der Waals surface area contributed by atoms with Crippen LogP contribution in [0.3, 0.4) is 0 Å². The molecule has 2 atom stereocenters. The molecule has 33 heavy (non-hydrogen) atoms. The highest BCUT2D eigenvalue weighted by atomic mass is 16.5. The summed E-state index contributed by atoms with van der Waals surface area (Å²) >= 11 is 0. The highest BCUT2D eigenvalue weighted by molar-refractivity contribution is 5.89. The zero-order valence-corrected chi connectivity index (χ0v) is 19.2. The number of morpholine rings is 1. The Hall–Kier alpha value is -3.24. The maximum Gasteiger partial charge on any atom is 0.411 e. The molecule has 3 aromatic rings. The molecule has 5 rings (SSSR count). The molecular formula is C23H29N7O3. The van der Waals surface area contributed by atoms with E-state index >= 15 is 0 Å². The number of ether oxygens (including phenoxy) is 2. The van der Waals surface area contributed by atoms with Crippen molar-refractivity contribution in [2.45, 2.75) is 31.6 Å². The number of likely N-dealkylation sites (N-methyl/N-ethyl adjacent to an activating group) is 1. The van der Waals surface area contributed by atoms with Crippen LogP contribution in [0.2, 0.25) is 0 Å². The summed E-state index contributed by atoms with van der Waals surface area (Å²) in [4.78, 5) is 25.8. The van der Waals surface area contributed by atoms with Gasteiger partial charge in [-0.3, -0.25) is 5.32 Å². The average molecular weight is 452 g/mol. The van der Waals surface area contributed by atoms with E-state index in [1.54, 1.807) is 0 Å². The summed E-state index contributed by atoms with van der Waals surface area (Å²) in [6.45, 7) is 3.25. The van der Waals surface area contributed by atoms with Crippen molar-refractivity contribution in [1.82, 2.24) is 24.6 Å². The first-order valence-electron chi connectivity index (χ1n) is 11.2. The number of methoxy groups -OCH3 is 1. The summed E-state index contributed by atoms with van der Waals surface area (Å²) in [6, 6.07) is 7.44. The van der Waals surface area contributed by atoms with Crippen LogP contribution in [0.25, 0.3) is 22.4 Å². The Morgan fingerprint density at radius 1 is 1.18 bits per heavy atom. The molecular weight excluding hydrogens is 422 g/mol. The van der Waals surface area contributed by atoms with E-state index in [0.717, 1.165) is 61.4 Å². The van der Waals surface area contributed by atoms with Gasteiger partial charge in [0.1, 0.15) is 5.82 Å². The minimum atomic E-state index is -0.505. The number of amides is 1. The molecule has 0 spiro atoms. The lowest BCUT2D eigenvalue weighted by molar-refractivity contribution is 0.0303. The Morgan fingerprint density at radius 3 is 2.58 bits per heavy atom. The first kappa shape index (κ1) is 21.6. The van der Waals surface area contributed by atoms with E-state index in [9.17, 15) is 4.79 Å². The van der Waals surface area contributed by atoms with E-state index in [1.165, 1.54) is 7.11 Å². The predicted octanol–water partition coefficient (Wildman–Crippen LogP) is 2.60. The number of fused-ring (bicyclic) bond motifs is 3. The SMILES string of the molecule is COC(=O)Nc1ccc(-c2nc(N3CC4CCC(C3)O4)c3cnn(CCN(C)C)c3n2)cc1. The summed E-state index contributed by atoms with van der Waals surface area (Å²) in [5.41, 5.74) is 2.34. The molecule has 174 valence electrons. The molecule has 1 aromatic carbocycles. The van der Waals surface area contributed by atoms with Gasteiger partial charge in [-0.25, -0.2) is 19.4 Å². The molecule has 4 heterocycles. The molecule has 2 aromatic heterocycles. The van der Waals surface area contributed by atoms with Gasteiger partial charge >= 0.3 is 6.09 Å². The van der Waals surface area contributed by atoms with Crippen molar-refractivity contribution >= 4 is 28.6 Å². The normalized spacial score (nSPS) is 19.9. The largest absolute Gasteiger partial charge is 0.453 e. The van der Waals surface area contributed by atoms with Gasteiger partial charge in [0.2, 0.25) is 0 Å². The van der Waals surface area contributed by atoms with Crippen LogP contribution in [-0.2, 0) is 16.0 Å². The van der Waals surface area contributed by atoms with E-state index in [1.807, 2.05) is 49.2 Å². The predicted molar refractivity (Wildman–Crippen MR) is 125 cm³/mol. The van der Waals surface area contributed by atoms with Crippen LogP contribution in [-0.4, -0.2) is 83.8 Å². The lowest BCUT2D eigenvalue weighted by Crippen LogP contribution is -2.43. The molecule has 10 heteroatoms. The molecule has 2 unspecified atom stereocenters. The number of benzene rings is 1. The molecule has 2 aliphatic rings. The standard InChI is InChI=1S/C23H29N7O3/c1-28(2)10-11-30-22-19(12-24-30)21(29-13-17-8-9-18(14-29)33-17)26-20(27-22)15-4-6-16(7-5-15)25-23(31)32-3/h4-7,12,17-18H,8-11,13-14H2,1-3H3,(H,25,31). The molecule has 10 nitrogen and oxygen atoms in total. The van der Waals surface area contributed by atoms with Gasteiger partial charge in [-0.2, -0.15) is 5.10 Å². The van der Waals surface area contributed by atoms with Crippen molar-refractivity contribution in [3.05, 3.63) is 30.5 Å². The number of hydrogen-bond donors (Lipinski definition) is 1. The molecule has 2 fully saturated rings. The van der Waals surface area contributed by atoms with Gasteiger partial charge < -0.3 is 19.3 Å². The molecule has 0 saturated carbocycles. The third-order valence-electron chi connectivity index (χ3n) is 6.15. The van der Waals surface area contributed by atoms with Crippen LogP contribution in [0.15, 0.2) is 30.5 Å². The monoisotopic (exact) mass is 451 g/mol. The lowest BCUT2D eigenvalue weighted by atomic mass is 10.2. The quantitative estimate of drug-likeness (QED) is 0.611. The average Bonchev–Trinajstić information content (AvgIpc) is 3.39. The van der Waals surface area contributed by atoms with Crippen molar-refractivity contribution in [3.63, 3.8) is 0 Å². The molecule has 2 aliphatic heterocycles. The maximum absolute atomic E-state index is 11.5. The molecule has 2 bridgehead atoms. The second kappa shape index (κ2) is 8.95. The van der Waals surface area contributed by atoms with E-state index in [0.29, 0.717) is 11.5 Å². The zero-order valence-electron chi connectivity index (χ0n) is 19.2. The van der Waals surface area contributed by atoms with Gasteiger partial charge in [0.05, 0.1) is 37.4 Å².